The predicted molar refractivity (Wildman–Crippen MR) is 116 cm³/mol. The van der Waals surface area contributed by atoms with Crippen molar-refractivity contribution in [1.82, 2.24) is 14.4 Å². The van der Waals surface area contributed by atoms with Crippen LogP contribution < -0.4 is 9.64 Å². The molecule has 0 unspecified atom stereocenters. The Hall–Kier alpha value is -2.89. The Morgan fingerprint density at radius 3 is 2.48 bits per heavy atom. The van der Waals surface area contributed by atoms with E-state index in [4.69, 9.17) is 4.74 Å². The quantitative estimate of drug-likeness (QED) is 0.782. The molecular weight excluding hydrogens is 364 g/mol. The minimum absolute atomic E-state index is 0.140. The van der Waals surface area contributed by atoms with E-state index in [9.17, 15) is 4.79 Å². The molecule has 6 heteroatoms. The van der Waals surface area contributed by atoms with Crippen LogP contribution in [-0.4, -0.2) is 66.7 Å². The van der Waals surface area contributed by atoms with Gasteiger partial charge in [-0.05, 0) is 30.7 Å². The molecule has 1 amide bonds. The van der Waals surface area contributed by atoms with Crippen molar-refractivity contribution >= 4 is 17.3 Å². The normalized spacial score (nSPS) is 17.1. The average molecular weight is 395 g/mol. The third-order valence-corrected chi connectivity index (χ3v) is 5.88. The molecule has 0 saturated carbocycles. The van der Waals surface area contributed by atoms with Gasteiger partial charge in [0.05, 0.1) is 29.8 Å². The zero-order valence-corrected chi connectivity index (χ0v) is 17.6. The lowest BCUT2D eigenvalue weighted by molar-refractivity contribution is 0.0775. The fourth-order valence-electron chi connectivity index (χ4n) is 4.39. The lowest BCUT2D eigenvalue weighted by atomic mass is 10.1. The fourth-order valence-corrected chi connectivity index (χ4v) is 4.39. The number of hydrogen-bond acceptors (Lipinski definition) is 4. The molecule has 2 aliphatic heterocycles. The highest BCUT2D eigenvalue weighted by atomic mass is 16.5. The van der Waals surface area contributed by atoms with E-state index >= 15 is 0 Å². The molecule has 0 atom stereocenters. The topological polar surface area (TPSA) is 41.0 Å². The number of carbonyl (C=O) groups is 1. The van der Waals surface area contributed by atoms with E-state index in [0.29, 0.717) is 6.54 Å². The van der Waals surface area contributed by atoms with Crippen LogP contribution in [0, 0.1) is 0 Å². The van der Waals surface area contributed by atoms with Crippen LogP contribution in [0.1, 0.15) is 29.4 Å². The van der Waals surface area contributed by atoms with Crippen molar-refractivity contribution in [3.8, 4) is 5.75 Å². The molecule has 1 fully saturated rings. The second-order valence-corrected chi connectivity index (χ2v) is 7.68. The lowest BCUT2D eigenvalue weighted by Crippen LogP contribution is -2.45. The molecule has 0 bridgehead atoms. The second-order valence-electron chi connectivity index (χ2n) is 7.68. The number of para-hydroxylation sites is 2. The Balaban J connectivity index is 1.57. The summed E-state index contributed by atoms with van der Waals surface area (Å²) < 4.78 is 7.63. The molecule has 3 heterocycles. The molecule has 2 aromatic rings. The fraction of sp³-hybridized carbons (Fsp3) is 0.435. The van der Waals surface area contributed by atoms with E-state index < -0.39 is 0 Å². The summed E-state index contributed by atoms with van der Waals surface area (Å²) in [5.41, 5.74) is 4.18. The maximum atomic E-state index is 13.0. The standard InChI is InChI=1S/C23H30N4O2/c1-4-11-27-13-10-20(22-18(23(27)28)9-12-24(22)2)26-16-14-25(15-17-26)19-7-5-6-8-21(19)29-3/h5-10,12H,4,11,13-17H2,1-3H3. The number of piperazine rings is 1. The van der Waals surface area contributed by atoms with Gasteiger partial charge in [0, 0.05) is 52.5 Å². The van der Waals surface area contributed by atoms with Crippen LogP contribution in [-0.2, 0) is 7.05 Å². The van der Waals surface area contributed by atoms with Gasteiger partial charge in [0.15, 0.2) is 0 Å². The van der Waals surface area contributed by atoms with Gasteiger partial charge in [-0.3, -0.25) is 4.79 Å². The van der Waals surface area contributed by atoms with Gasteiger partial charge in [0.2, 0.25) is 0 Å². The first-order chi connectivity index (χ1) is 14.1. The van der Waals surface area contributed by atoms with Gasteiger partial charge in [-0.1, -0.05) is 19.1 Å². The minimum atomic E-state index is 0.140. The van der Waals surface area contributed by atoms with Crippen molar-refractivity contribution in [1.29, 1.82) is 0 Å². The second kappa shape index (κ2) is 8.23. The van der Waals surface area contributed by atoms with Crippen molar-refractivity contribution in [2.75, 3.05) is 51.3 Å². The van der Waals surface area contributed by atoms with Crippen LogP contribution in [0.3, 0.4) is 0 Å². The Morgan fingerprint density at radius 1 is 1.03 bits per heavy atom. The SMILES string of the molecule is CCCN1CC=C(N2CCN(c3ccccc3OC)CC2)c2c(ccn2C)C1=O. The van der Waals surface area contributed by atoms with Crippen LogP contribution in [0.2, 0.25) is 0 Å². The third kappa shape index (κ3) is 3.59. The molecule has 4 rings (SSSR count). The highest BCUT2D eigenvalue weighted by Crippen LogP contribution is 2.32. The number of anilines is 1. The Labute approximate surface area is 173 Å². The summed E-state index contributed by atoms with van der Waals surface area (Å²) in [5, 5.41) is 0. The molecule has 1 aromatic heterocycles. The summed E-state index contributed by atoms with van der Waals surface area (Å²) in [4.78, 5) is 19.8. The molecule has 0 N–H and O–H groups in total. The first-order valence-corrected chi connectivity index (χ1v) is 10.4. The summed E-state index contributed by atoms with van der Waals surface area (Å²) in [6.45, 7) is 7.24. The van der Waals surface area contributed by atoms with Gasteiger partial charge in [0.25, 0.3) is 5.91 Å². The zero-order valence-electron chi connectivity index (χ0n) is 17.6. The third-order valence-electron chi connectivity index (χ3n) is 5.88. The highest BCUT2D eigenvalue weighted by molar-refractivity contribution is 6.00. The van der Waals surface area contributed by atoms with Crippen LogP contribution >= 0.6 is 0 Å². The maximum absolute atomic E-state index is 13.0. The first-order valence-electron chi connectivity index (χ1n) is 10.4. The van der Waals surface area contributed by atoms with Crippen molar-refractivity contribution < 1.29 is 9.53 Å². The lowest BCUT2D eigenvalue weighted by Gasteiger charge is -2.39. The molecule has 0 aliphatic carbocycles. The monoisotopic (exact) mass is 394 g/mol. The molecule has 1 aromatic carbocycles. The highest BCUT2D eigenvalue weighted by Gasteiger charge is 2.29. The summed E-state index contributed by atoms with van der Waals surface area (Å²) in [6, 6.07) is 10.2. The molecule has 0 spiro atoms. The van der Waals surface area contributed by atoms with Crippen molar-refractivity contribution in [3.05, 3.63) is 53.9 Å². The van der Waals surface area contributed by atoms with E-state index in [1.54, 1.807) is 7.11 Å². The smallest absolute Gasteiger partial charge is 0.256 e. The van der Waals surface area contributed by atoms with Gasteiger partial charge in [-0.2, -0.15) is 0 Å². The van der Waals surface area contributed by atoms with Crippen molar-refractivity contribution in [2.45, 2.75) is 13.3 Å². The number of fused-ring (bicyclic) bond motifs is 1. The maximum Gasteiger partial charge on any atom is 0.256 e. The van der Waals surface area contributed by atoms with Crippen LogP contribution in [0.4, 0.5) is 5.69 Å². The molecule has 1 saturated heterocycles. The van der Waals surface area contributed by atoms with Gasteiger partial charge in [-0.25, -0.2) is 0 Å². The molecule has 0 radical (unpaired) electrons. The summed E-state index contributed by atoms with van der Waals surface area (Å²) in [6.07, 6.45) is 5.20. The van der Waals surface area contributed by atoms with Crippen LogP contribution in [0.5, 0.6) is 5.75 Å². The number of aromatic nitrogens is 1. The average Bonchev–Trinajstić information content (AvgIpc) is 3.07. The largest absolute Gasteiger partial charge is 0.495 e. The Kier molecular flexibility index (Phi) is 5.51. The molecule has 6 nitrogen and oxygen atoms in total. The number of ether oxygens (including phenoxy) is 1. The zero-order chi connectivity index (χ0) is 20.4. The summed E-state index contributed by atoms with van der Waals surface area (Å²) in [5.74, 6) is 1.06. The predicted octanol–water partition coefficient (Wildman–Crippen LogP) is 3.06. The van der Waals surface area contributed by atoms with Gasteiger partial charge in [0.1, 0.15) is 5.75 Å². The van der Waals surface area contributed by atoms with E-state index in [1.807, 2.05) is 36.3 Å². The van der Waals surface area contributed by atoms with Crippen molar-refractivity contribution in [3.63, 3.8) is 0 Å². The molecule has 29 heavy (non-hydrogen) atoms. The number of nitrogens with zero attached hydrogens (tertiary/aromatic N) is 4. The number of aryl methyl sites for hydroxylation is 1. The van der Waals surface area contributed by atoms with E-state index in [-0.39, 0.29) is 5.91 Å². The van der Waals surface area contributed by atoms with E-state index in [0.717, 1.165) is 61.8 Å². The number of hydrogen-bond donors (Lipinski definition) is 0. The van der Waals surface area contributed by atoms with E-state index in [1.165, 1.54) is 5.70 Å². The number of carbonyl (C=O) groups excluding carboxylic acids is 1. The molecular formula is C23H30N4O2. The first kappa shape index (κ1) is 19.4. The Bertz CT molecular complexity index is 909. The van der Waals surface area contributed by atoms with E-state index in [2.05, 4.69) is 39.5 Å². The van der Waals surface area contributed by atoms with Gasteiger partial charge >= 0.3 is 0 Å². The molecule has 154 valence electrons. The summed E-state index contributed by atoms with van der Waals surface area (Å²) in [7, 11) is 3.75. The molecule has 2 aliphatic rings. The number of amides is 1. The van der Waals surface area contributed by atoms with Crippen molar-refractivity contribution in [2.24, 2.45) is 7.05 Å². The number of benzene rings is 1. The minimum Gasteiger partial charge on any atom is -0.495 e. The number of rotatable bonds is 5. The van der Waals surface area contributed by atoms with Crippen LogP contribution in [0.25, 0.3) is 5.70 Å². The van der Waals surface area contributed by atoms with Gasteiger partial charge in [-0.15, -0.1) is 0 Å². The Morgan fingerprint density at radius 2 is 1.76 bits per heavy atom. The summed E-state index contributed by atoms with van der Waals surface area (Å²) >= 11 is 0. The van der Waals surface area contributed by atoms with Crippen LogP contribution in [0.15, 0.2) is 42.6 Å². The number of methoxy groups -OCH3 is 1. The van der Waals surface area contributed by atoms with Gasteiger partial charge < -0.3 is 24.0 Å².